The van der Waals surface area contributed by atoms with Crippen molar-refractivity contribution in [2.75, 3.05) is 0 Å². The van der Waals surface area contributed by atoms with Crippen LogP contribution >= 0.6 is 0 Å². The normalized spacial score (nSPS) is 14.5. The smallest absolute Gasteiger partial charge is 0.212 e. The lowest BCUT2D eigenvalue weighted by atomic mass is 10.4. The fourth-order valence-corrected chi connectivity index (χ4v) is 1.23. The first-order chi connectivity index (χ1) is 4.90. The first-order valence-electron chi connectivity index (χ1n) is 3.31. The minimum Gasteiger partial charge on any atom is -0.212 e. The molecule has 0 unspecified atom stereocenters. The summed E-state index contributed by atoms with van der Waals surface area (Å²) in [7, 11) is -3.28. The summed E-state index contributed by atoms with van der Waals surface area (Å²) in [6, 6.07) is 1.14. The minimum atomic E-state index is -3.28. The van der Waals surface area contributed by atoms with Crippen LogP contribution in [0.15, 0.2) is 0 Å². The highest BCUT2D eigenvalue weighted by molar-refractivity contribution is 7.90. The van der Waals surface area contributed by atoms with E-state index in [2.05, 4.69) is 4.72 Å². The maximum absolute atomic E-state index is 11.0. The largest absolute Gasteiger partial charge is 0.215 e. The molecule has 4 nitrogen and oxygen atoms in total. The van der Waals surface area contributed by atoms with Gasteiger partial charge in [-0.25, -0.2) is 8.42 Å². The molecule has 11 heavy (non-hydrogen) atoms. The van der Waals surface area contributed by atoms with Crippen LogP contribution in [0.4, 0.5) is 0 Å². The number of hydrogen-bond donors (Lipinski definition) is 1. The van der Waals surface area contributed by atoms with Crippen molar-refractivity contribution in [1.29, 1.82) is 5.26 Å². The van der Waals surface area contributed by atoms with Crippen LogP contribution in [0.1, 0.15) is 20.8 Å². The van der Waals surface area contributed by atoms with Crippen LogP contribution in [0.3, 0.4) is 0 Å². The summed E-state index contributed by atoms with van der Waals surface area (Å²) in [5, 5.41) is 7.82. The second kappa shape index (κ2) is 3.69. The van der Waals surface area contributed by atoms with Crippen LogP contribution < -0.4 is 4.72 Å². The van der Waals surface area contributed by atoms with Gasteiger partial charge in [-0.3, -0.25) is 0 Å². The maximum atomic E-state index is 11.0. The van der Waals surface area contributed by atoms with Crippen LogP contribution in [0.2, 0.25) is 0 Å². The number of nitrogens with zero attached hydrogens (tertiary/aromatic N) is 1. The third-order valence-corrected chi connectivity index (χ3v) is 3.08. The highest BCUT2D eigenvalue weighted by atomic mass is 32.2. The van der Waals surface area contributed by atoms with Gasteiger partial charge in [-0.2, -0.15) is 9.98 Å². The highest BCUT2D eigenvalue weighted by Gasteiger charge is 2.17. The zero-order valence-electron chi connectivity index (χ0n) is 6.83. The zero-order chi connectivity index (χ0) is 9.07. The molecule has 0 amide bonds. The van der Waals surface area contributed by atoms with E-state index in [4.69, 9.17) is 5.26 Å². The number of nitriles is 1. The lowest BCUT2D eigenvalue weighted by molar-refractivity contribution is 0.568. The van der Waals surface area contributed by atoms with Gasteiger partial charge < -0.3 is 0 Å². The van der Waals surface area contributed by atoms with Crippen molar-refractivity contribution in [2.24, 2.45) is 0 Å². The van der Waals surface area contributed by atoms with E-state index in [1.54, 1.807) is 19.9 Å². The standard InChI is InChI=1S/C6H12N2O2S/c1-5(2)11(9,10)8-6(3)4-7/h5-6,8H,1-3H3/t6-/m1/s1. The molecular formula is C6H12N2O2S. The van der Waals surface area contributed by atoms with Gasteiger partial charge in [-0.15, -0.1) is 0 Å². The Morgan fingerprint density at radius 1 is 1.36 bits per heavy atom. The third-order valence-electron chi connectivity index (χ3n) is 1.16. The monoisotopic (exact) mass is 176 g/mol. The topological polar surface area (TPSA) is 70.0 Å². The van der Waals surface area contributed by atoms with Gasteiger partial charge in [0.1, 0.15) is 6.04 Å². The highest BCUT2D eigenvalue weighted by Crippen LogP contribution is 1.96. The van der Waals surface area contributed by atoms with Gasteiger partial charge >= 0.3 is 0 Å². The third kappa shape index (κ3) is 3.35. The number of nitrogens with one attached hydrogen (secondary N) is 1. The Morgan fingerprint density at radius 2 is 1.82 bits per heavy atom. The van der Waals surface area contributed by atoms with Crippen molar-refractivity contribution in [3.8, 4) is 6.07 Å². The summed E-state index contributed by atoms with van der Waals surface area (Å²) in [5.41, 5.74) is 0. The maximum Gasteiger partial charge on any atom is 0.215 e. The Bertz CT molecular complexity index is 250. The van der Waals surface area contributed by atoms with E-state index >= 15 is 0 Å². The molecule has 1 N–H and O–H groups in total. The lowest BCUT2D eigenvalue weighted by Gasteiger charge is -2.09. The van der Waals surface area contributed by atoms with Gasteiger partial charge in [0.15, 0.2) is 0 Å². The molecule has 0 aliphatic carbocycles. The Labute approximate surface area is 67.3 Å². The molecule has 0 rings (SSSR count). The average Bonchev–Trinajstić information content (AvgIpc) is 1.86. The van der Waals surface area contributed by atoms with Crippen molar-refractivity contribution >= 4 is 10.0 Å². The zero-order valence-corrected chi connectivity index (χ0v) is 7.64. The van der Waals surface area contributed by atoms with Crippen molar-refractivity contribution in [3.05, 3.63) is 0 Å². The summed E-state index contributed by atoms with van der Waals surface area (Å²) in [6.07, 6.45) is 0. The molecule has 64 valence electrons. The molecule has 1 atom stereocenters. The Kier molecular flexibility index (Phi) is 3.49. The minimum absolute atomic E-state index is 0.488. The summed E-state index contributed by atoms with van der Waals surface area (Å²) in [4.78, 5) is 0. The SMILES string of the molecule is CC(C)S(=O)(=O)N[C@H](C)C#N. The first-order valence-corrected chi connectivity index (χ1v) is 4.85. The second-order valence-corrected chi connectivity index (χ2v) is 4.83. The van der Waals surface area contributed by atoms with Crippen LogP contribution in [0, 0.1) is 11.3 Å². The molecule has 0 saturated carbocycles. The number of sulfonamides is 1. The molecule has 0 heterocycles. The summed E-state index contributed by atoms with van der Waals surface area (Å²) >= 11 is 0. The van der Waals surface area contributed by atoms with E-state index < -0.39 is 21.3 Å². The quantitative estimate of drug-likeness (QED) is 0.669. The van der Waals surface area contributed by atoms with E-state index in [1.165, 1.54) is 6.92 Å². The molecule has 0 aliphatic heterocycles. The summed E-state index contributed by atoms with van der Waals surface area (Å²) < 4.78 is 24.3. The molecule has 0 bridgehead atoms. The Morgan fingerprint density at radius 3 is 2.09 bits per heavy atom. The Hall–Kier alpha value is -0.600. The predicted octanol–water partition coefficient (Wildman–Crippen LogP) is 0.226. The van der Waals surface area contributed by atoms with Crippen molar-refractivity contribution in [1.82, 2.24) is 4.72 Å². The first kappa shape index (κ1) is 10.4. The van der Waals surface area contributed by atoms with E-state index in [0.717, 1.165) is 0 Å². The summed E-state index contributed by atoms with van der Waals surface area (Å²) in [6.45, 7) is 4.62. The van der Waals surface area contributed by atoms with Gasteiger partial charge in [-0.05, 0) is 20.8 Å². The number of rotatable bonds is 3. The van der Waals surface area contributed by atoms with Crippen molar-refractivity contribution < 1.29 is 8.42 Å². The van der Waals surface area contributed by atoms with E-state index in [9.17, 15) is 8.42 Å². The van der Waals surface area contributed by atoms with E-state index in [0.29, 0.717) is 0 Å². The number of hydrogen-bond acceptors (Lipinski definition) is 3. The van der Waals surface area contributed by atoms with Gasteiger partial charge in [0.25, 0.3) is 0 Å². The van der Waals surface area contributed by atoms with Crippen LogP contribution in [0.25, 0.3) is 0 Å². The molecule has 0 aromatic heterocycles. The van der Waals surface area contributed by atoms with Gasteiger partial charge in [-0.1, -0.05) is 0 Å². The second-order valence-electron chi connectivity index (χ2n) is 2.56. The molecule has 0 saturated heterocycles. The molecule has 0 aliphatic rings. The molecule has 0 spiro atoms. The van der Waals surface area contributed by atoms with E-state index in [-0.39, 0.29) is 0 Å². The molecule has 5 heteroatoms. The lowest BCUT2D eigenvalue weighted by Crippen LogP contribution is -2.36. The van der Waals surface area contributed by atoms with Gasteiger partial charge in [0, 0.05) is 0 Å². The molecular weight excluding hydrogens is 164 g/mol. The molecule has 0 aromatic rings. The van der Waals surface area contributed by atoms with Crippen LogP contribution in [-0.2, 0) is 10.0 Å². The fourth-order valence-electron chi connectivity index (χ4n) is 0.409. The molecule has 0 aromatic carbocycles. The van der Waals surface area contributed by atoms with Crippen molar-refractivity contribution in [2.45, 2.75) is 32.1 Å². The van der Waals surface area contributed by atoms with Crippen LogP contribution in [0.5, 0.6) is 0 Å². The van der Waals surface area contributed by atoms with Gasteiger partial charge in [0.2, 0.25) is 10.0 Å². The molecule has 0 fully saturated rings. The Balaban J connectivity index is 4.29. The van der Waals surface area contributed by atoms with E-state index in [1.807, 2.05) is 0 Å². The van der Waals surface area contributed by atoms with Crippen molar-refractivity contribution in [3.63, 3.8) is 0 Å². The molecule has 0 radical (unpaired) electrons. The average molecular weight is 176 g/mol. The summed E-state index contributed by atoms with van der Waals surface area (Å²) in [5.74, 6) is 0. The van der Waals surface area contributed by atoms with Crippen LogP contribution in [-0.4, -0.2) is 19.7 Å². The fraction of sp³-hybridized carbons (Fsp3) is 0.833. The predicted molar refractivity (Wildman–Crippen MR) is 42.3 cm³/mol. The van der Waals surface area contributed by atoms with Gasteiger partial charge in [0.05, 0.1) is 11.3 Å².